The number of thiocarbonyl (C=S) groups is 1. The van der Waals surface area contributed by atoms with Gasteiger partial charge in [0, 0.05) is 10.6 Å². The molecule has 0 aliphatic rings. The highest BCUT2D eigenvalue weighted by Crippen LogP contribution is 2.16. The molecule has 2 rings (SSSR count). The van der Waals surface area contributed by atoms with Crippen LogP contribution in [0.5, 0.6) is 0 Å². The monoisotopic (exact) mass is 303 g/mol. The fourth-order valence-electron chi connectivity index (χ4n) is 1.63. The second kappa shape index (κ2) is 7.17. The van der Waals surface area contributed by atoms with Crippen molar-refractivity contribution >= 4 is 40.6 Å². The van der Waals surface area contributed by atoms with Crippen molar-refractivity contribution in [3.05, 3.63) is 52.2 Å². The Balaban J connectivity index is 1.85. The highest BCUT2D eigenvalue weighted by molar-refractivity contribution is 7.80. The SMILES string of the molecule is CC(C)c1ccc(NC(=S)NN=Cc2cccs2)cc1. The first-order valence-electron chi connectivity index (χ1n) is 6.38. The maximum Gasteiger partial charge on any atom is 0.191 e. The highest BCUT2D eigenvalue weighted by atomic mass is 32.1. The van der Waals surface area contributed by atoms with Crippen molar-refractivity contribution in [1.29, 1.82) is 0 Å². The zero-order valence-corrected chi connectivity index (χ0v) is 13.1. The summed E-state index contributed by atoms with van der Waals surface area (Å²) in [4.78, 5) is 1.08. The number of benzene rings is 1. The molecular formula is C15H17N3S2. The minimum atomic E-state index is 0.482. The van der Waals surface area contributed by atoms with E-state index in [1.807, 2.05) is 29.6 Å². The number of hydrogen-bond acceptors (Lipinski definition) is 3. The van der Waals surface area contributed by atoms with Gasteiger partial charge in [-0.15, -0.1) is 11.3 Å². The van der Waals surface area contributed by atoms with E-state index in [-0.39, 0.29) is 0 Å². The summed E-state index contributed by atoms with van der Waals surface area (Å²) in [7, 11) is 0. The van der Waals surface area contributed by atoms with Crippen molar-refractivity contribution < 1.29 is 0 Å². The molecule has 2 aromatic rings. The minimum absolute atomic E-state index is 0.482. The summed E-state index contributed by atoms with van der Waals surface area (Å²) >= 11 is 6.81. The molecular weight excluding hydrogens is 286 g/mol. The van der Waals surface area contributed by atoms with Crippen LogP contribution in [-0.4, -0.2) is 11.3 Å². The molecule has 0 spiro atoms. The van der Waals surface area contributed by atoms with Gasteiger partial charge < -0.3 is 5.32 Å². The van der Waals surface area contributed by atoms with Gasteiger partial charge in [0.15, 0.2) is 5.11 Å². The molecule has 1 aromatic heterocycles. The Hall–Kier alpha value is -1.72. The molecule has 0 aliphatic heterocycles. The number of nitrogens with zero attached hydrogens (tertiary/aromatic N) is 1. The average Bonchev–Trinajstić information content (AvgIpc) is 2.92. The van der Waals surface area contributed by atoms with Crippen molar-refractivity contribution in [2.24, 2.45) is 5.10 Å². The molecule has 20 heavy (non-hydrogen) atoms. The summed E-state index contributed by atoms with van der Waals surface area (Å²) in [6, 6.07) is 12.2. The van der Waals surface area contributed by atoms with Crippen LogP contribution < -0.4 is 10.7 Å². The Morgan fingerprint density at radius 3 is 2.60 bits per heavy atom. The Morgan fingerprint density at radius 2 is 2.00 bits per heavy atom. The lowest BCUT2D eigenvalue weighted by molar-refractivity contribution is 0.867. The largest absolute Gasteiger partial charge is 0.331 e. The first-order valence-corrected chi connectivity index (χ1v) is 7.67. The van der Waals surface area contributed by atoms with E-state index < -0.39 is 0 Å². The molecule has 0 saturated heterocycles. The van der Waals surface area contributed by atoms with Gasteiger partial charge in [0.25, 0.3) is 0 Å². The molecule has 0 amide bonds. The second-order valence-corrected chi connectivity index (χ2v) is 6.00. The number of rotatable bonds is 4. The van der Waals surface area contributed by atoms with Gasteiger partial charge >= 0.3 is 0 Å². The number of thiophene rings is 1. The van der Waals surface area contributed by atoms with E-state index in [0.717, 1.165) is 10.6 Å². The van der Waals surface area contributed by atoms with Gasteiger partial charge in [-0.3, -0.25) is 5.43 Å². The Labute approximate surface area is 128 Å². The highest BCUT2D eigenvalue weighted by Gasteiger charge is 2.00. The number of hydrogen-bond donors (Lipinski definition) is 2. The topological polar surface area (TPSA) is 36.4 Å². The fraction of sp³-hybridized carbons (Fsp3) is 0.200. The predicted molar refractivity (Wildman–Crippen MR) is 91.8 cm³/mol. The van der Waals surface area contributed by atoms with E-state index in [1.54, 1.807) is 17.6 Å². The van der Waals surface area contributed by atoms with Gasteiger partial charge in [-0.2, -0.15) is 5.10 Å². The molecule has 0 bridgehead atoms. The van der Waals surface area contributed by atoms with E-state index in [0.29, 0.717) is 11.0 Å². The van der Waals surface area contributed by atoms with Gasteiger partial charge in [0.2, 0.25) is 0 Å². The van der Waals surface area contributed by atoms with Crippen LogP contribution >= 0.6 is 23.6 Å². The molecule has 1 aromatic carbocycles. The first kappa shape index (κ1) is 14.7. The summed E-state index contributed by atoms with van der Waals surface area (Å²) in [5.41, 5.74) is 5.07. The Bertz CT molecular complexity index is 572. The van der Waals surface area contributed by atoms with Gasteiger partial charge in [0.05, 0.1) is 6.21 Å². The third-order valence-electron chi connectivity index (χ3n) is 2.74. The number of anilines is 1. The average molecular weight is 303 g/mol. The van der Waals surface area contributed by atoms with Gasteiger partial charge in [0.1, 0.15) is 0 Å². The van der Waals surface area contributed by atoms with Crippen LogP contribution in [0.4, 0.5) is 5.69 Å². The quantitative estimate of drug-likeness (QED) is 0.505. The molecule has 2 N–H and O–H groups in total. The molecule has 5 heteroatoms. The summed E-state index contributed by atoms with van der Waals surface area (Å²) in [6.45, 7) is 4.35. The van der Waals surface area contributed by atoms with E-state index >= 15 is 0 Å². The van der Waals surface area contributed by atoms with Crippen molar-refractivity contribution in [2.75, 3.05) is 5.32 Å². The van der Waals surface area contributed by atoms with Gasteiger partial charge in [-0.25, -0.2) is 0 Å². The lowest BCUT2D eigenvalue weighted by atomic mass is 10.0. The van der Waals surface area contributed by atoms with E-state index in [9.17, 15) is 0 Å². The molecule has 104 valence electrons. The first-order chi connectivity index (χ1) is 9.65. The molecule has 0 unspecified atom stereocenters. The standard InChI is InChI=1S/C15H17N3S2/c1-11(2)12-5-7-13(8-6-12)17-15(19)18-16-10-14-4-3-9-20-14/h3-11H,1-2H3,(H2,17,18,19). The fourth-order valence-corrected chi connectivity index (χ4v) is 2.39. The maximum atomic E-state index is 5.18. The molecule has 0 aliphatic carbocycles. The van der Waals surface area contributed by atoms with Crippen molar-refractivity contribution in [2.45, 2.75) is 19.8 Å². The zero-order chi connectivity index (χ0) is 14.4. The van der Waals surface area contributed by atoms with Crippen LogP contribution in [0.15, 0.2) is 46.9 Å². The van der Waals surface area contributed by atoms with Gasteiger partial charge in [-0.1, -0.05) is 32.0 Å². The zero-order valence-electron chi connectivity index (χ0n) is 11.5. The van der Waals surface area contributed by atoms with Crippen molar-refractivity contribution in [3.8, 4) is 0 Å². The predicted octanol–water partition coefficient (Wildman–Crippen LogP) is 4.19. The van der Waals surface area contributed by atoms with E-state index in [1.165, 1.54) is 5.56 Å². The lowest BCUT2D eigenvalue weighted by Crippen LogP contribution is -2.23. The van der Waals surface area contributed by atoms with Crippen LogP contribution in [0.25, 0.3) is 0 Å². The third kappa shape index (κ3) is 4.43. The summed E-state index contributed by atoms with van der Waals surface area (Å²) in [5.74, 6) is 0.532. The van der Waals surface area contributed by atoms with Gasteiger partial charge in [-0.05, 0) is 47.3 Å². The number of hydrazone groups is 1. The third-order valence-corrected chi connectivity index (χ3v) is 3.74. The molecule has 0 fully saturated rings. The molecule has 0 saturated carbocycles. The smallest absolute Gasteiger partial charge is 0.191 e. The molecule has 3 nitrogen and oxygen atoms in total. The minimum Gasteiger partial charge on any atom is -0.331 e. The van der Waals surface area contributed by atoms with Crippen LogP contribution in [0.3, 0.4) is 0 Å². The normalized spacial score (nSPS) is 10.9. The van der Waals surface area contributed by atoms with E-state index in [2.05, 4.69) is 41.8 Å². The summed E-state index contributed by atoms with van der Waals surface area (Å²) in [6.07, 6.45) is 1.75. The Morgan fingerprint density at radius 1 is 1.25 bits per heavy atom. The maximum absolute atomic E-state index is 5.18. The van der Waals surface area contributed by atoms with Crippen LogP contribution in [-0.2, 0) is 0 Å². The van der Waals surface area contributed by atoms with Crippen molar-refractivity contribution in [3.63, 3.8) is 0 Å². The summed E-state index contributed by atoms with van der Waals surface area (Å²) in [5, 5.41) is 9.68. The Kier molecular flexibility index (Phi) is 5.26. The molecule has 0 atom stereocenters. The summed E-state index contributed by atoms with van der Waals surface area (Å²) < 4.78 is 0. The van der Waals surface area contributed by atoms with Crippen molar-refractivity contribution in [1.82, 2.24) is 5.43 Å². The van der Waals surface area contributed by atoms with E-state index in [4.69, 9.17) is 12.2 Å². The molecule has 1 heterocycles. The van der Waals surface area contributed by atoms with Crippen LogP contribution in [0.2, 0.25) is 0 Å². The van der Waals surface area contributed by atoms with Crippen LogP contribution in [0.1, 0.15) is 30.2 Å². The second-order valence-electron chi connectivity index (χ2n) is 4.62. The number of nitrogens with one attached hydrogen (secondary N) is 2. The molecule has 0 radical (unpaired) electrons. The lowest BCUT2D eigenvalue weighted by Gasteiger charge is -2.09. The van der Waals surface area contributed by atoms with Crippen LogP contribution in [0, 0.1) is 0 Å².